The second-order valence-electron chi connectivity index (χ2n) is 30.2. The number of carbonyl (C=O) groups excluding carboxylic acids is 12. The highest BCUT2D eigenvalue weighted by Crippen LogP contribution is 2.47. The minimum Gasteiger partial charge on any atom is -0.497 e. The number of methoxy groups -OCH3 is 1. The topological polar surface area (TPSA) is 261 Å². The van der Waals surface area contributed by atoms with Gasteiger partial charge in [0, 0.05) is 168 Å². The molecule has 22 nitrogen and oxygen atoms in total. The molecule has 0 saturated carbocycles. The Bertz CT molecular complexity index is 5920. The summed E-state index contributed by atoms with van der Waals surface area (Å²) in [5, 5.41) is 7.18. The number of ether oxygens (including phenoxy) is 1. The Hall–Kier alpha value is -11.5. The predicted octanol–water partition coefficient (Wildman–Crippen LogP) is 19.8. The fourth-order valence-corrected chi connectivity index (χ4v) is 16.8. The Morgan fingerprint density at radius 1 is 0.427 bits per heavy atom. The number of aryl methyl sites for hydroxylation is 1. The number of alkyl halides is 1. The summed E-state index contributed by atoms with van der Waals surface area (Å²) >= 11 is 38.4. The van der Waals surface area contributed by atoms with Gasteiger partial charge in [0.15, 0.2) is 51.8 Å². The zero-order valence-electron chi connectivity index (χ0n) is 69.6. The zero-order valence-corrected chi connectivity index (χ0v) is 75.7. The van der Waals surface area contributed by atoms with Crippen molar-refractivity contribution in [1.29, 1.82) is 0 Å². The molecule has 2 N–H and O–H groups in total. The number of anilines is 9. The number of Topliss-reactive ketones (excluding diaryl/α,β-unsaturated/α-hetero) is 9. The van der Waals surface area contributed by atoms with Gasteiger partial charge in [0.2, 0.25) is 17.6 Å². The normalized spacial score (nSPS) is 17.1. The van der Waals surface area contributed by atoms with Crippen molar-refractivity contribution in [2.45, 2.75) is 59.5 Å². The molecular weight excluding hydrogens is 1770 g/mol. The van der Waals surface area contributed by atoms with Gasteiger partial charge in [-0.3, -0.25) is 62.4 Å². The fourth-order valence-electron chi connectivity index (χ4n) is 15.0. The maximum atomic E-state index is 12.3. The van der Waals surface area contributed by atoms with E-state index in [1.165, 1.54) is 23.6 Å². The van der Waals surface area contributed by atoms with E-state index in [4.69, 9.17) is 74.3 Å². The molecule has 124 heavy (non-hydrogen) atoms. The van der Waals surface area contributed by atoms with Crippen molar-refractivity contribution in [3.8, 4) is 5.75 Å². The lowest BCUT2D eigenvalue weighted by Crippen LogP contribution is -2.35. The average molecular weight is 1860 g/mol. The summed E-state index contributed by atoms with van der Waals surface area (Å²) in [5.74, 6) is 1.56. The highest BCUT2D eigenvalue weighted by molar-refractivity contribution is 9.10. The van der Waals surface area contributed by atoms with Gasteiger partial charge in [-0.2, -0.15) is 0 Å². The Morgan fingerprint density at radius 3 is 1.52 bits per heavy atom. The quantitative estimate of drug-likeness (QED) is 0.0705. The van der Waals surface area contributed by atoms with Gasteiger partial charge in [-0.15, -0.1) is 0 Å². The molecule has 10 aromatic rings. The summed E-state index contributed by atoms with van der Waals surface area (Å²) in [6, 6.07) is 60.9. The fraction of sp³-hybridized carbons (Fsp3) is 0.242. The lowest BCUT2D eigenvalue weighted by molar-refractivity contribution is -0.117. The van der Waals surface area contributed by atoms with Crippen molar-refractivity contribution in [2.24, 2.45) is 11.8 Å². The van der Waals surface area contributed by atoms with Crippen molar-refractivity contribution >= 4 is 206 Å². The minimum atomic E-state index is -0.526. The van der Waals surface area contributed by atoms with Crippen LogP contribution in [0.1, 0.15) is 150 Å². The molecule has 0 spiro atoms. The number of para-hydroxylation sites is 4. The van der Waals surface area contributed by atoms with Gasteiger partial charge in [-0.25, -0.2) is 0 Å². The number of halogens is 7. The molecule has 3 amide bonds. The van der Waals surface area contributed by atoms with Crippen LogP contribution in [-0.2, 0) is 9.59 Å². The molecule has 29 heteroatoms. The molecule has 0 saturated heterocycles. The first kappa shape index (κ1) is 93.2. The number of benzene rings is 10. The highest BCUT2D eigenvalue weighted by atomic mass is 79.9. The first-order chi connectivity index (χ1) is 59.0. The summed E-state index contributed by atoms with van der Waals surface area (Å²) in [6.45, 7) is 13.8. The van der Waals surface area contributed by atoms with Crippen molar-refractivity contribution in [1.82, 2.24) is 0 Å². The first-order valence-electron chi connectivity index (χ1n) is 39.4. The van der Waals surface area contributed by atoms with E-state index in [0.29, 0.717) is 69.4 Å². The Morgan fingerprint density at radius 2 is 0.919 bits per heavy atom. The van der Waals surface area contributed by atoms with Gasteiger partial charge in [0.1, 0.15) is 5.75 Å². The van der Waals surface area contributed by atoms with Gasteiger partial charge in [0.25, 0.3) is 5.91 Å². The number of nitrogens with zero attached hydrogens (tertiary/aromatic N) is 7. The lowest BCUT2D eigenvalue weighted by atomic mass is 9.93. The molecule has 4 unspecified atom stereocenters. The van der Waals surface area contributed by atoms with Crippen molar-refractivity contribution in [3.63, 3.8) is 0 Å². The van der Waals surface area contributed by atoms with Crippen LogP contribution in [0.3, 0.4) is 0 Å². The van der Waals surface area contributed by atoms with Gasteiger partial charge in [-0.05, 0) is 135 Å². The highest BCUT2D eigenvalue weighted by Gasteiger charge is 2.37. The maximum Gasteiger partial charge on any atom is 0.258 e. The number of fused-ring (bicyclic) bond motifs is 9. The third-order valence-electron chi connectivity index (χ3n) is 21.7. The Kier molecular flexibility index (Phi) is 30.7. The van der Waals surface area contributed by atoms with Gasteiger partial charge >= 0.3 is 0 Å². The van der Waals surface area contributed by atoms with Crippen LogP contribution in [0.5, 0.6) is 5.75 Å². The molecule has 0 fully saturated rings. The predicted molar refractivity (Wildman–Crippen MR) is 498 cm³/mol. The monoisotopic (exact) mass is 1850 g/mol. The van der Waals surface area contributed by atoms with Crippen LogP contribution in [0, 0.1) is 18.8 Å². The van der Waals surface area contributed by atoms with E-state index in [0.717, 1.165) is 90.8 Å². The number of amides is 3. The number of likely N-dealkylation sites (N-methyl/N-ethyl adjacent to an activating group) is 2. The van der Waals surface area contributed by atoms with E-state index < -0.39 is 5.50 Å². The molecule has 10 aromatic carbocycles. The summed E-state index contributed by atoms with van der Waals surface area (Å²) < 4.78 is 6.03. The van der Waals surface area contributed by atoms with E-state index in [9.17, 15) is 57.5 Å². The van der Waals surface area contributed by atoms with Crippen LogP contribution in [0.2, 0.25) is 25.1 Å². The molecule has 0 aromatic heterocycles. The van der Waals surface area contributed by atoms with Crippen LogP contribution in [0.25, 0.3) is 0 Å². The summed E-state index contributed by atoms with van der Waals surface area (Å²) in [6.07, 6.45) is 0.427. The van der Waals surface area contributed by atoms with E-state index in [-0.39, 0.29) is 127 Å². The first-order valence-corrected chi connectivity index (χ1v) is 42.5. The SMILES string of the molecule is CC(=O)N1CC(=O)c2ccc(Br)cc21.CC(=O)N1CCC(=O)c2ccccc21.CC1CN(C)c2cc(Cl)ccc2C1=O.CN1c2ccccc2C(=O)C1Cl.COc1ccc2c(c1)N(C)CC(C)C2=O.Cc1ccc2c(c1)C(=O)C(C)N2C.O=C1CN(C(=O)c2ccccc2)c2ccccc21.O=C1CNc2c(Cl)c(Cl)c(Cl)c(Cl)c21.O=C1CNc2ccccc21. The van der Waals surface area contributed by atoms with Crippen LogP contribution >= 0.6 is 85.5 Å². The number of carbonyl (C=O) groups is 12. The average Bonchev–Trinajstić information content (AvgIpc) is 1.54. The number of rotatable bonds is 2. The van der Waals surface area contributed by atoms with Gasteiger partial charge < -0.3 is 44.8 Å². The number of hydrogen-bond donors (Lipinski definition) is 2. The Labute approximate surface area is 757 Å². The van der Waals surface area contributed by atoms with Crippen LogP contribution in [0.4, 0.5) is 51.2 Å². The molecule has 4 atom stereocenters. The third kappa shape index (κ3) is 20.6. The smallest absolute Gasteiger partial charge is 0.258 e. The Balaban J connectivity index is 0.000000136. The molecule has 9 aliphatic rings. The summed E-state index contributed by atoms with van der Waals surface area (Å²) in [7, 11) is 9.40. The van der Waals surface area contributed by atoms with Gasteiger partial charge in [0.05, 0.1) is 93.4 Å². The van der Waals surface area contributed by atoms with E-state index in [1.807, 2.05) is 200 Å². The lowest BCUT2D eigenvalue weighted by Gasteiger charge is -2.30. The molecular formula is C95H88BrCl6N9O13. The second kappa shape index (κ2) is 40.9. The van der Waals surface area contributed by atoms with Crippen LogP contribution in [0.15, 0.2) is 205 Å². The molecule has 9 heterocycles. The molecule has 19 rings (SSSR count). The molecule has 0 bridgehead atoms. The molecule has 640 valence electrons. The van der Waals surface area contributed by atoms with Gasteiger partial charge in [-0.1, -0.05) is 178 Å². The second-order valence-corrected chi connectivity index (χ2v) is 33.5. The van der Waals surface area contributed by atoms with E-state index >= 15 is 0 Å². The van der Waals surface area contributed by atoms with Crippen LogP contribution in [-0.4, -0.2) is 162 Å². The van der Waals surface area contributed by atoms with Crippen molar-refractivity contribution in [2.75, 3.05) is 126 Å². The molecule has 0 aliphatic carbocycles. The number of ketones is 9. The van der Waals surface area contributed by atoms with Crippen LogP contribution < -0.4 is 49.7 Å². The standard InChI is InChI=1S/C15H11NO2.C12H15NO2.C11H12ClNO.C11H11NO2.C11H13NO.C10H8BrNO2.C9H8ClNO.C8H3Cl4NO.C8H7NO/c17-14-10-16(13-9-5-4-8-12(13)14)15(18)11-6-2-1-3-7-11;1-8-7-13(2)11-6-9(15-3)4-5-10(11)12(8)14;1-7-6-13(2)10-5-8(12)3-4-9(10)11(7)14;1-8(13)12-7-6-11(14)9-4-2-3-5-10(9)12;1-7-4-5-10-9(6-7)11(13)8(2)12(10)3;1-6(13)12-5-10(14)8-3-2-7(11)4-9(8)12;1-11-7-5-3-2-4-6(7)8(12)9(11)10;9-4-3-2(14)1-13-8(3)7(12)6(11)5(4)10;10-8-5-9-7-4-2-1-3-6(7)8/h1-9H,10H2;4-6,8H,7H2,1-3H3;3-5,7H,6H2,1-2H3;2-5H,6-7H2,1H3;4-6,8H,1-3H3;2-4H,5H2,1H3;2-5,9H,1H3;13H,1H2;1-4,9H,5H2. The largest absolute Gasteiger partial charge is 0.497 e. The maximum absolute atomic E-state index is 12.3. The minimum absolute atomic E-state index is 0.00250. The molecule has 0 radical (unpaired) electrons. The van der Waals surface area contributed by atoms with Crippen molar-refractivity contribution < 1.29 is 62.3 Å². The number of nitrogens with one attached hydrogen (secondary N) is 2. The molecule has 9 aliphatic heterocycles. The summed E-state index contributed by atoms with van der Waals surface area (Å²) in [4.78, 5) is 152. The van der Waals surface area contributed by atoms with E-state index in [1.54, 1.807) is 77.6 Å². The summed E-state index contributed by atoms with van der Waals surface area (Å²) in [5.41, 5.74) is 15.0. The number of hydrogen-bond acceptors (Lipinski definition) is 19. The third-order valence-corrected chi connectivity index (χ3v) is 24.8. The zero-order chi connectivity index (χ0) is 90.0. The van der Waals surface area contributed by atoms with Crippen molar-refractivity contribution in [3.05, 3.63) is 291 Å². The van der Waals surface area contributed by atoms with E-state index in [2.05, 4.69) is 36.4 Å².